The van der Waals surface area contributed by atoms with Crippen LogP contribution in [0.15, 0.2) is 42.5 Å². The topological polar surface area (TPSA) is 12.9 Å². The number of nitrogens with zero attached hydrogens (tertiary/aromatic N) is 1. The van der Waals surface area contributed by atoms with Crippen LogP contribution in [-0.4, -0.2) is 4.98 Å². The van der Waals surface area contributed by atoms with Gasteiger partial charge in [0.25, 0.3) is 0 Å². The third-order valence-corrected chi connectivity index (χ3v) is 4.44. The Morgan fingerprint density at radius 1 is 0.857 bits per heavy atom. The fourth-order valence-electron chi connectivity index (χ4n) is 2.44. The van der Waals surface area contributed by atoms with Crippen LogP contribution in [0, 0.1) is 26.6 Å². The lowest BCUT2D eigenvalue weighted by Gasteiger charge is -2.05. The zero-order valence-corrected chi connectivity index (χ0v) is 13.1. The summed E-state index contributed by atoms with van der Waals surface area (Å²) in [6.07, 6.45) is 0. The van der Waals surface area contributed by atoms with Crippen LogP contribution < -0.4 is 0 Å². The first kappa shape index (κ1) is 14.0. The lowest BCUT2D eigenvalue weighted by atomic mass is 10.0. The lowest BCUT2D eigenvalue weighted by molar-refractivity contribution is 0.619. The van der Waals surface area contributed by atoms with Crippen LogP contribution in [0.3, 0.4) is 0 Å². The van der Waals surface area contributed by atoms with Crippen LogP contribution in [0.25, 0.3) is 22.4 Å². The monoisotopic (exact) mass is 297 g/mol. The maximum Gasteiger partial charge on any atom is 0.126 e. The molecule has 0 atom stereocenters. The van der Waals surface area contributed by atoms with Gasteiger partial charge in [0.15, 0.2) is 0 Å². The maximum absolute atomic E-state index is 13.3. The predicted molar refractivity (Wildman–Crippen MR) is 87.2 cm³/mol. The first-order valence-electron chi connectivity index (χ1n) is 6.85. The number of aryl methyl sites for hydroxylation is 3. The summed E-state index contributed by atoms with van der Waals surface area (Å²) in [4.78, 5) is 5.81. The van der Waals surface area contributed by atoms with E-state index in [4.69, 9.17) is 0 Å². The molecule has 0 saturated heterocycles. The van der Waals surface area contributed by atoms with E-state index in [0.29, 0.717) is 5.56 Å². The largest absolute Gasteiger partial charge is 0.241 e. The van der Waals surface area contributed by atoms with Gasteiger partial charge in [-0.05, 0) is 49.6 Å². The molecule has 3 heteroatoms. The number of hydrogen-bond donors (Lipinski definition) is 0. The minimum Gasteiger partial charge on any atom is -0.241 e. The second kappa shape index (κ2) is 5.41. The summed E-state index contributed by atoms with van der Waals surface area (Å²) in [5, 5.41) is 1.08. The standard InChI is InChI=1S/C18H16FNS/c1-11-10-16(8-9-17(11)19)14-4-6-15(7-5-14)18-12(2)21-13(3)20-18/h4-10H,1-3H3. The van der Waals surface area contributed by atoms with E-state index in [-0.39, 0.29) is 5.82 Å². The molecule has 0 saturated carbocycles. The molecule has 0 fully saturated rings. The SMILES string of the molecule is Cc1nc(-c2ccc(-c3ccc(F)c(C)c3)cc2)c(C)s1. The van der Waals surface area contributed by atoms with Gasteiger partial charge in [0.2, 0.25) is 0 Å². The Balaban J connectivity index is 1.97. The highest BCUT2D eigenvalue weighted by Gasteiger charge is 2.08. The van der Waals surface area contributed by atoms with Crippen molar-refractivity contribution in [3.05, 3.63) is 63.7 Å². The number of hydrogen-bond acceptors (Lipinski definition) is 2. The van der Waals surface area contributed by atoms with Gasteiger partial charge in [0, 0.05) is 10.4 Å². The second-order valence-corrected chi connectivity index (χ2v) is 6.59. The molecular weight excluding hydrogens is 281 g/mol. The summed E-state index contributed by atoms with van der Waals surface area (Å²) < 4.78 is 13.3. The zero-order valence-electron chi connectivity index (χ0n) is 12.3. The molecule has 0 aliphatic rings. The van der Waals surface area contributed by atoms with Gasteiger partial charge in [0.05, 0.1) is 10.7 Å². The molecule has 1 aromatic heterocycles. The van der Waals surface area contributed by atoms with Crippen LogP contribution in [0.2, 0.25) is 0 Å². The van der Waals surface area contributed by atoms with E-state index in [1.165, 1.54) is 10.9 Å². The van der Waals surface area contributed by atoms with Crippen molar-refractivity contribution in [2.75, 3.05) is 0 Å². The van der Waals surface area contributed by atoms with Crippen LogP contribution in [0.1, 0.15) is 15.4 Å². The van der Waals surface area contributed by atoms with E-state index >= 15 is 0 Å². The summed E-state index contributed by atoms with van der Waals surface area (Å²) in [6.45, 7) is 5.91. The first-order chi connectivity index (χ1) is 10.0. The molecule has 0 N–H and O–H groups in total. The summed E-state index contributed by atoms with van der Waals surface area (Å²) in [6, 6.07) is 13.5. The van der Waals surface area contributed by atoms with Gasteiger partial charge in [-0.15, -0.1) is 11.3 Å². The molecule has 0 aliphatic carbocycles. The molecular formula is C18H16FNS. The quantitative estimate of drug-likeness (QED) is 0.605. The Morgan fingerprint density at radius 3 is 2.05 bits per heavy atom. The van der Waals surface area contributed by atoms with Gasteiger partial charge in [-0.25, -0.2) is 9.37 Å². The lowest BCUT2D eigenvalue weighted by Crippen LogP contribution is -1.85. The van der Waals surface area contributed by atoms with Gasteiger partial charge in [-0.2, -0.15) is 0 Å². The minimum atomic E-state index is -0.163. The summed E-state index contributed by atoms with van der Waals surface area (Å²) in [5.74, 6) is -0.163. The van der Waals surface area contributed by atoms with Gasteiger partial charge in [-0.3, -0.25) is 0 Å². The van der Waals surface area contributed by atoms with Crippen molar-refractivity contribution in [3.8, 4) is 22.4 Å². The van der Waals surface area contributed by atoms with Crippen LogP contribution in [-0.2, 0) is 0 Å². The molecule has 0 bridgehead atoms. The van der Waals surface area contributed by atoms with Crippen molar-refractivity contribution in [1.82, 2.24) is 4.98 Å². The third kappa shape index (κ3) is 2.74. The van der Waals surface area contributed by atoms with Crippen LogP contribution in [0.4, 0.5) is 4.39 Å². The second-order valence-electron chi connectivity index (χ2n) is 5.18. The Morgan fingerprint density at radius 2 is 1.48 bits per heavy atom. The van der Waals surface area contributed by atoms with Gasteiger partial charge in [0.1, 0.15) is 5.82 Å². The number of thiazole rings is 1. The summed E-state index contributed by atoms with van der Waals surface area (Å²) >= 11 is 1.72. The van der Waals surface area contributed by atoms with E-state index in [9.17, 15) is 4.39 Å². The van der Waals surface area contributed by atoms with E-state index in [0.717, 1.165) is 27.4 Å². The average Bonchev–Trinajstić information content (AvgIpc) is 2.81. The molecule has 1 nitrogen and oxygen atoms in total. The molecule has 0 amide bonds. The predicted octanol–water partition coefficient (Wildman–Crippen LogP) is 5.54. The van der Waals surface area contributed by atoms with E-state index in [1.807, 2.05) is 19.1 Å². The molecule has 106 valence electrons. The van der Waals surface area contributed by atoms with Crippen molar-refractivity contribution in [2.24, 2.45) is 0 Å². The molecule has 0 radical (unpaired) electrons. The molecule has 0 aliphatic heterocycles. The minimum absolute atomic E-state index is 0.163. The fraction of sp³-hybridized carbons (Fsp3) is 0.167. The van der Waals surface area contributed by atoms with E-state index in [2.05, 4.69) is 36.2 Å². The zero-order chi connectivity index (χ0) is 15.0. The number of aromatic nitrogens is 1. The molecule has 21 heavy (non-hydrogen) atoms. The normalized spacial score (nSPS) is 10.9. The Hall–Kier alpha value is -2.00. The van der Waals surface area contributed by atoms with Gasteiger partial charge < -0.3 is 0 Å². The van der Waals surface area contributed by atoms with Crippen molar-refractivity contribution in [1.29, 1.82) is 0 Å². The number of rotatable bonds is 2. The molecule has 0 spiro atoms. The van der Waals surface area contributed by atoms with Crippen molar-refractivity contribution >= 4 is 11.3 Å². The number of halogens is 1. The molecule has 2 aromatic carbocycles. The van der Waals surface area contributed by atoms with E-state index in [1.54, 1.807) is 18.3 Å². The van der Waals surface area contributed by atoms with Gasteiger partial charge in [-0.1, -0.05) is 30.3 Å². The Bertz CT molecular complexity index is 787. The van der Waals surface area contributed by atoms with Crippen LogP contribution in [0.5, 0.6) is 0 Å². The van der Waals surface area contributed by atoms with Gasteiger partial charge >= 0.3 is 0 Å². The van der Waals surface area contributed by atoms with E-state index < -0.39 is 0 Å². The molecule has 0 unspecified atom stereocenters. The van der Waals surface area contributed by atoms with Crippen molar-refractivity contribution < 1.29 is 4.39 Å². The van der Waals surface area contributed by atoms with Crippen LogP contribution >= 0.6 is 11.3 Å². The maximum atomic E-state index is 13.3. The highest BCUT2D eigenvalue weighted by Crippen LogP contribution is 2.29. The average molecular weight is 297 g/mol. The third-order valence-electron chi connectivity index (χ3n) is 3.55. The Kier molecular flexibility index (Phi) is 3.60. The van der Waals surface area contributed by atoms with Crippen molar-refractivity contribution in [3.63, 3.8) is 0 Å². The highest BCUT2D eigenvalue weighted by molar-refractivity contribution is 7.11. The molecule has 1 heterocycles. The number of benzene rings is 2. The molecule has 3 rings (SSSR count). The summed E-state index contributed by atoms with van der Waals surface area (Å²) in [7, 11) is 0. The molecule has 3 aromatic rings. The first-order valence-corrected chi connectivity index (χ1v) is 7.67. The summed E-state index contributed by atoms with van der Waals surface area (Å²) in [5.41, 5.74) is 4.97. The van der Waals surface area contributed by atoms with Crippen molar-refractivity contribution in [2.45, 2.75) is 20.8 Å². The highest BCUT2D eigenvalue weighted by atomic mass is 32.1. The Labute approximate surface area is 128 Å². The fourth-order valence-corrected chi connectivity index (χ4v) is 3.28. The smallest absolute Gasteiger partial charge is 0.126 e.